The number of hydrogen-bond donors (Lipinski definition) is 0. The molecular formula is C20H32Cl2O. The number of benzene rings is 1. The number of alkyl halides is 2. The first-order valence-electron chi connectivity index (χ1n) is 8.65. The third-order valence-electron chi connectivity index (χ3n) is 5.15. The zero-order valence-electron chi connectivity index (χ0n) is 15.5. The molecule has 0 saturated heterocycles. The van der Waals surface area contributed by atoms with Gasteiger partial charge in [0.1, 0.15) is 11.9 Å². The van der Waals surface area contributed by atoms with Crippen molar-refractivity contribution < 1.29 is 4.74 Å². The van der Waals surface area contributed by atoms with E-state index in [2.05, 4.69) is 59.7 Å². The van der Waals surface area contributed by atoms with E-state index >= 15 is 0 Å². The highest BCUT2D eigenvalue weighted by atomic mass is 35.5. The summed E-state index contributed by atoms with van der Waals surface area (Å²) in [7, 11) is 0. The van der Waals surface area contributed by atoms with Crippen molar-refractivity contribution in [3.63, 3.8) is 0 Å². The second kappa shape index (κ2) is 8.62. The van der Waals surface area contributed by atoms with Gasteiger partial charge in [0, 0.05) is 11.4 Å². The summed E-state index contributed by atoms with van der Waals surface area (Å²) in [5.74, 6) is 1.97. The Hall–Kier alpha value is -0.400. The van der Waals surface area contributed by atoms with Crippen LogP contribution in [0, 0.1) is 0 Å². The molecule has 0 aromatic heterocycles. The number of hydrogen-bond acceptors (Lipinski definition) is 1. The first kappa shape index (κ1) is 20.6. The molecule has 1 unspecified atom stereocenters. The van der Waals surface area contributed by atoms with E-state index in [4.69, 9.17) is 27.9 Å². The second-order valence-corrected chi connectivity index (χ2v) is 8.24. The minimum absolute atomic E-state index is 0.0365. The van der Waals surface area contributed by atoms with Crippen LogP contribution in [0.3, 0.4) is 0 Å². The van der Waals surface area contributed by atoms with Crippen molar-refractivity contribution in [2.24, 2.45) is 0 Å². The zero-order chi connectivity index (χ0) is 17.7. The summed E-state index contributed by atoms with van der Waals surface area (Å²) < 4.78 is 6.21. The van der Waals surface area contributed by atoms with Gasteiger partial charge in [0.2, 0.25) is 0 Å². The minimum Gasteiger partial charge on any atom is -0.489 e. The maximum absolute atomic E-state index is 6.21. The second-order valence-electron chi connectivity index (χ2n) is 7.56. The molecule has 0 aliphatic heterocycles. The molecule has 1 atom stereocenters. The fourth-order valence-corrected chi connectivity index (χ4v) is 2.91. The molecule has 0 aliphatic rings. The Morgan fingerprint density at radius 1 is 1.00 bits per heavy atom. The molecule has 0 aliphatic carbocycles. The Kier molecular flexibility index (Phi) is 7.74. The average molecular weight is 359 g/mol. The molecule has 0 saturated carbocycles. The first-order chi connectivity index (χ1) is 10.7. The summed E-state index contributed by atoms with van der Waals surface area (Å²) in [6.07, 6.45) is 2.89. The summed E-state index contributed by atoms with van der Waals surface area (Å²) in [6, 6.07) is 6.64. The van der Waals surface area contributed by atoms with Crippen molar-refractivity contribution >= 4 is 23.2 Å². The van der Waals surface area contributed by atoms with Crippen LogP contribution < -0.4 is 4.74 Å². The zero-order valence-corrected chi connectivity index (χ0v) is 17.0. The Bertz CT molecular complexity index is 494. The van der Waals surface area contributed by atoms with E-state index in [0.717, 1.165) is 25.0 Å². The van der Waals surface area contributed by atoms with E-state index in [-0.39, 0.29) is 16.9 Å². The van der Waals surface area contributed by atoms with Crippen LogP contribution in [0.1, 0.15) is 71.9 Å². The molecule has 0 fully saturated rings. The van der Waals surface area contributed by atoms with E-state index in [9.17, 15) is 0 Å². The first-order valence-corrected chi connectivity index (χ1v) is 9.72. The van der Waals surface area contributed by atoms with Crippen LogP contribution in [-0.2, 0) is 10.8 Å². The van der Waals surface area contributed by atoms with Crippen LogP contribution in [0.5, 0.6) is 5.75 Å². The molecule has 23 heavy (non-hydrogen) atoms. The molecular weight excluding hydrogens is 327 g/mol. The van der Waals surface area contributed by atoms with Crippen LogP contribution in [0.4, 0.5) is 0 Å². The van der Waals surface area contributed by atoms with E-state index in [1.165, 1.54) is 11.1 Å². The summed E-state index contributed by atoms with van der Waals surface area (Å²) in [5, 5.41) is 0. The molecule has 1 aromatic rings. The van der Waals surface area contributed by atoms with Gasteiger partial charge in [-0.15, -0.1) is 23.2 Å². The van der Waals surface area contributed by atoms with Crippen LogP contribution in [0.2, 0.25) is 0 Å². The molecule has 0 amide bonds. The highest BCUT2D eigenvalue weighted by Crippen LogP contribution is 2.39. The van der Waals surface area contributed by atoms with Gasteiger partial charge in [-0.05, 0) is 41.7 Å². The maximum atomic E-state index is 6.21. The van der Waals surface area contributed by atoms with Gasteiger partial charge in [-0.3, -0.25) is 0 Å². The van der Waals surface area contributed by atoms with Gasteiger partial charge in [0.25, 0.3) is 0 Å². The predicted octanol–water partition coefficient (Wildman–Crippen LogP) is 6.68. The Labute approximate surface area is 152 Å². The Morgan fingerprint density at radius 2 is 1.61 bits per heavy atom. The van der Waals surface area contributed by atoms with Crippen LogP contribution in [0.15, 0.2) is 18.2 Å². The molecule has 3 heteroatoms. The number of halogens is 2. The molecule has 0 radical (unpaired) electrons. The molecule has 1 rings (SSSR count). The highest BCUT2D eigenvalue weighted by molar-refractivity contribution is 6.19. The predicted molar refractivity (Wildman–Crippen MR) is 104 cm³/mol. The van der Waals surface area contributed by atoms with Gasteiger partial charge in [0.15, 0.2) is 0 Å². The maximum Gasteiger partial charge on any atom is 0.123 e. The molecule has 132 valence electrons. The van der Waals surface area contributed by atoms with E-state index in [1.807, 2.05) is 0 Å². The smallest absolute Gasteiger partial charge is 0.123 e. The van der Waals surface area contributed by atoms with Crippen molar-refractivity contribution in [1.82, 2.24) is 0 Å². The molecule has 0 N–H and O–H groups in total. The third-order valence-corrected chi connectivity index (χ3v) is 5.72. The van der Waals surface area contributed by atoms with Gasteiger partial charge < -0.3 is 4.74 Å². The standard InChI is InChI=1S/C20H32Cl2O/c1-7-19(3,4)15-9-10-18(23-16(14-22)11-12-21)17(13-15)20(5,6)8-2/h9-10,13,16H,7-8,11-12,14H2,1-6H3. The summed E-state index contributed by atoms with van der Waals surface area (Å²) in [6.45, 7) is 13.6. The quantitative estimate of drug-likeness (QED) is 0.447. The minimum atomic E-state index is -0.0365. The van der Waals surface area contributed by atoms with Crippen molar-refractivity contribution in [2.45, 2.75) is 77.7 Å². The monoisotopic (exact) mass is 358 g/mol. The normalized spacial score (nSPS) is 13.9. The average Bonchev–Trinajstić information content (AvgIpc) is 2.54. The van der Waals surface area contributed by atoms with Gasteiger partial charge in [0.05, 0.1) is 5.88 Å². The number of rotatable bonds is 9. The summed E-state index contributed by atoms with van der Waals surface area (Å²) in [5.41, 5.74) is 2.86. The molecule has 0 spiro atoms. The van der Waals surface area contributed by atoms with Crippen molar-refractivity contribution in [3.05, 3.63) is 29.3 Å². The van der Waals surface area contributed by atoms with E-state index in [1.54, 1.807) is 0 Å². The van der Waals surface area contributed by atoms with E-state index < -0.39 is 0 Å². The molecule has 0 heterocycles. The van der Waals surface area contributed by atoms with Gasteiger partial charge >= 0.3 is 0 Å². The van der Waals surface area contributed by atoms with Crippen molar-refractivity contribution in [1.29, 1.82) is 0 Å². The highest BCUT2D eigenvalue weighted by Gasteiger charge is 2.27. The Morgan fingerprint density at radius 3 is 2.09 bits per heavy atom. The van der Waals surface area contributed by atoms with Crippen LogP contribution in [-0.4, -0.2) is 17.9 Å². The molecule has 0 bridgehead atoms. The summed E-state index contributed by atoms with van der Waals surface area (Å²) in [4.78, 5) is 0. The fourth-order valence-electron chi connectivity index (χ4n) is 2.45. The SMILES string of the molecule is CCC(C)(C)c1ccc(OC(CCl)CCCl)c(C(C)(C)CC)c1. The molecule has 1 aromatic carbocycles. The molecule has 1 nitrogen and oxygen atoms in total. The van der Waals surface area contributed by atoms with Gasteiger partial charge in [-0.25, -0.2) is 0 Å². The topological polar surface area (TPSA) is 9.23 Å². The largest absolute Gasteiger partial charge is 0.489 e. The van der Waals surface area contributed by atoms with Crippen molar-refractivity contribution in [3.8, 4) is 5.75 Å². The van der Waals surface area contributed by atoms with E-state index in [0.29, 0.717) is 11.8 Å². The van der Waals surface area contributed by atoms with Crippen molar-refractivity contribution in [2.75, 3.05) is 11.8 Å². The third kappa shape index (κ3) is 5.29. The lowest BCUT2D eigenvalue weighted by Crippen LogP contribution is -2.24. The Balaban J connectivity index is 3.30. The summed E-state index contributed by atoms with van der Waals surface area (Å²) >= 11 is 11.9. The van der Waals surface area contributed by atoms with Crippen LogP contribution in [0.25, 0.3) is 0 Å². The lowest BCUT2D eigenvalue weighted by Gasteiger charge is -2.31. The van der Waals surface area contributed by atoms with Gasteiger partial charge in [-0.2, -0.15) is 0 Å². The lowest BCUT2D eigenvalue weighted by atomic mass is 9.76. The van der Waals surface area contributed by atoms with Gasteiger partial charge in [-0.1, -0.05) is 53.7 Å². The fraction of sp³-hybridized carbons (Fsp3) is 0.700. The number of ether oxygens (including phenoxy) is 1. The lowest BCUT2D eigenvalue weighted by molar-refractivity contribution is 0.215. The van der Waals surface area contributed by atoms with Crippen LogP contribution >= 0.6 is 23.2 Å².